The molecule has 1 aromatic carbocycles. The summed E-state index contributed by atoms with van der Waals surface area (Å²) < 4.78 is 2.27. The summed E-state index contributed by atoms with van der Waals surface area (Å²) in [5.41, 5.74) is 1.07. The molecule has 4 rings (SSSR count). The molecule has 7 heteroatoms. The highest BCUT2D eigenvalue weighted by atomic mass is 35.5. The van der Waals surface area contributed by atoms with Gasteiger partial charge in [-0.2, -0.15) is 0 Å². The van der Waals surface area contributed by atoms with E-state index in [2.05, 4.69) is 46.1 Å². The van der Waals surface area contributed by atoms with Crippen LogP contribution in [0.3, 0.4) is 0 Å². The molecule has 0 radical (unpaired) electrons. The van der Waals surface area contributed by atoms with Crippen molar-refractivity contribution in [2.45, 2.75) is 57.5 Å². The lowest BCUT2D eigenvalue weighted by molar-refractivity contribution is -0.133. The van der Waals surface area contributed by atoms with Gasteiger partial charge < -0.3 is 14.8 Å². The van der Waals surface area contributed by atoms with Crippen LogP contribution in [0, 0.1) is 0 Å². The van der Waals surface area contributed by atoms with Crippen LogP contribution in [0.4, 0.5) is 0 Å². The monoisotopic (exact) mass is 403 g/mol. The highest BCUT2D eigenvalue weighted by molar-refractivity contribution is 5.85. The van der Waals surface area contributed by atoms with Gasteiger partial charge in [-0.15, -0.1) is 22.6 Å². The fraction of sp³-hybridized carbons (Fsp3) is 0.571. The van der Waals surface area contributed by atoms with Crippen molar-refractivity contribution in [1.82, 2.24) is 25.0 Å². The maximum Gasteiger partial charge on any atom is 0.223 e. The van der Waals surface area contributed by atoms with E-state index in [1.165, 1.54) is 5.56 Å². The molecule has 1 N–H and O–H groups in total. The van der Waals surface area contributed by atoms with E-state index in [1.807, 2.05) is 23.1 Å². The number of likely N-dealkylation sites (tertiary alicyclic amines) is 1. The van der Waals surface area contributed by atoms with Crippen LogP contribution in [0.25, 0.3) is 0 Å². The van der Waals surface area contributed by atoms with Gasteiger partial charge in [-0.1, -0.05) is 44.2 Å². The molecule has 1 fully saturated rings. The van der Waals surface area contributed by atoms with E-state index in [0.717, 1.165) is 57.2 Å². The Kier molecular flexibility index (Phi) is 6.40. The average Bonchev–Trinajstić information content (AvgIpc) is 3.13. The second-order valence-corrected chi connectivity index (χ2v) is 8.38. The first-order valence-electron chi connectivity index (χ1n) is 10.0. The topological polar surface area (TPSA) is 63.1 Å². The highest BCUT2D eigenvalue weighted by Crippen LogP contribution is 2.31. The van der Waals surface area contributed by atoms with Crippen molar-refractivity contribution in [3.05, 3.63) is 47.5 Å². The third-order valence-corrected chi connectivity index (χ3v) is 6.01. The van der Waals surface area contributed by atoms with Gasteiger partial charge in [0, 0.05) is 38.5 Å². The number of piperidine rings is 1. The molecule has 6 nitrogen and oxygen atoms in total. The number of carbonyl (C=O) groups is 1. The molecule has 1 saturated heterocycles. The largest absolute Gasteiger partial charge is 0.343 e. The lowest BCUT2D eigenvalue weighted by atomic mass is 9.81. The Balaban J connectivity index is 0.00000225. The number of rotatable bonds is 4. The molecule has 3 heterocycles. The van der Waals surface area contributed by atoms with Crippen molar-refractivity contribution in [2.24, 2.45) is 0 Å². The van der Waals surface area contributed by atoms with Crippen LogP contribution < -0.4 is 5.32 Å². The van der Waals surface area contributed by atoms with Crippen molar-refractivity contribution in [2.75, 3.05) is 19.6 Å². The number of halogens is 1. The molecule has 0 saturated carbocycles. The average molecular weight is 404 g/mol. The van der Waals surface area contributed by atoms with E-state index in [-0.39, 0.29) is 23.7 Å². The zero-order chi connectivity index (χ0) is 18.9. The van der Waals surface area contributed by atoms with Crippen LogP contribution in [-0.4, -0.2) is 45.2 Å². The van der Waals surface area contributed by atoms with Gasteiger partial charge in [0.25, 0.3) is 0 Å². The summed E-state index contributed by atoms with van der Waals surface area (Å²) in [5.74, 6) is 2.83. The van der Waals surface area contributed by atoms with Crippen molar-refractivity contribution < 1.29 is 4.79 Å². The summed E-state index contributed by atoms with van der Waals surface area (Å²) in [4.78, 5) is 14.9. The lowest BCUT2D eigenvalue weighted by Crippen LogP contribution is -2.41. The number of aromatic nitrogens is 3. The van der Waals surface area contributed by atoms with E-state index in [0.29, 0.717) is 12.3 Å². The third-order valence-electron chi connectivity index (χ3n) is 6.01. The van der Waals surface area contributed by atoms with Gasteiger partial charge in [0.2, 0.25) is 5.91 Å². The fourth-order valence-electron chi connectivity index (χ4n) is 4.28. The molecule has 0 aliphatic carbocycles. The van der Waals surface area contributed by atoms with Crippen LogP contribution in [0.1, 0.15) is 56.2 Å². The number of nitrogens with one attached hydrogen (secondary N) is 1. The zero-order valence-electron chi connectivity index (χ0n) is 16.7. The lowest BCUT2D eigenvalue weighted by Gasteiger charge is -2.34. The number of nitrogens with zero attached hydrogens (tertiary/aromatic N) is 4. The van der Waals surface area contributed by atoms with E-state index in [1.54, 1.807) is 0 Å². The van der Waals surface area contributed by atoms with Crippen molar-refractivity contribution >= 4 is 18.3 Å². The number of benzene rings is 1. The number of carbonyl (C=O) groups excluding carboxylic acids is 1. The fourth-order valence-corrected chi connectivity index (χ4v) is 4.28. The Bertz CT molecular complexity index is 796. The van der Waals surface area contributed by atoms with Gasteiger partial charge in [0.05, 0.1) is 6.54 Å². The predicted octanol–water partition coefficient (Wildman–Crippen LogP) is 2.88. The van der Waals surface area contributed by atoms with Gasteiger partial charge in [-0.3, -0.25) is 4.79 Å². The summed E-state index contributed by atoms with van der Waals surface area (Å²) in [6.07, 6.45) is 2.50. The maximum atomic E-state index is 12.9. The zero-order valence-corrected chi connectivity index (χ0v) is 17.5. The third kappa shape index (κ3) is 4.23. The minimum atomic E-state index is -0.145. The standard InChI is InChI=1S/C21H29N5O.ClH/c1-21(2,17-6-4-3-5-7-17)14-19(27)25-11-8-16(9-12-25)20-24-23-18-15-22-10-13-26(18)20;/h3-7,16,22H,8-15H2,1-2H3;1H. The van der Waals surface area contributed by atoms with Crippen molar-refractivity contribution in [1.29, 1.82) is 0 Å². The highest BCUT2D eigenvalue weighted by Gasteiger charge is 2.31. The molecular weight excluding hydrogens is 374 g/mol. The molecular formula is C21H30ClN5O. The SMILES string of the molecule is CC(C)(CC(=O)N1CCC(c2nnc3n2CCNC3)CC1)c1ccccc1.Cl. The second kappa shape index (κ2) is 8.62. The van der Waals surface area contributed by atoms with E-state index in [9.17, 15) is 4.79 Å². The van der Waals surface area contributed by atoms with Crippen LogP contribution in [0.2, 0.25) is 0 Å². The molecule has 0 spiro atoms. The molecule has 0 unspecified atom stereocenters. The van der Waals surface area contributed by atoms with E-state index >= 15 is 0 Å². The molecule has 2 aliphatic heterocycles. The quantitative estimate of drug-likeness (QED) is 0.852. The first-order chi connectivity index (χ1) is 13.0. The minimum absolute atomic E-state index is 0. The summed E-state index contributed by atoms with van der Waals surface area (Å²) in [7, 11) is 0. The molecule has 2 aliphatic rings. The maximum absolute atomic E-state index is 12.9. The van der Waals surface area contributed by atoms with Gasteiger partial charge in [-0.05, 0) is 23.8 Å². The van der Waals surface area contributed by atoms with Gasteiger partial charge in [-0.25, -0.2) is 0 Å². The van der Waals surface area contributed by atoms with Crippen LogP contribution in [0.5, 0.6) is 0 Å². The van der Waals surface area contributed by atoms with Gasteiger partial charge in [0.1, 0.15) is 11.6 Å². The number of amides is 1. The Morgan fingerprint density at radius 2 is 1.86 bits per heavy atom. The summed E-state index contributed by atoms with van der Waals surface area (Å²) in [5, 5.41) is 12.1. The summed E-state index contributed by atoms with van der Waals surface area (Å²) in [6.45, 7) is 8.67. The van der Waals surface area contributed by atoms with Gasteiger partial charge in [0.15, 0.2) is 0 Å². The summed E-state index contributed by atoms with van der Waals surface area (Å²) in [6, 6.07) is 10.3. The molecule has 2 aromatic rings. The van der Waals surface area contributed by atoms with Crippen LogP contribution in [-0.2, 0) is 23.3 Å². The Morgan fingerprint density at radius 3 is 2.57 bits per heavy atom. The van der Waals surface area contributed by atoms with Gasteiger partial charge >= 0.3 is 0 Å². The number of fused-ring (bicyclic) bond motifs is 1. The van der Waals surface area contributed by atoms with Crippen LogP contribution in [0.15, 0.2) is 30.3 Å². The number of hydrogen-bond acceptors (Lipinski definition) is 4. The summed E-state index contributed by atoms with van der Waals surface area (Å²) >= 11 is 0. The number of hydrogen-bond donors (Lipinski definition) is 1. The second-order valence-electron chi connectivity index (χ2n) is 8.38. The minimum Gasteiger partial charge on any atom is -0.343 e. The smallest absolute Gasteiger partial charge is 0.223 e. The van der Waals surface area contributed by atoms with Crippen molar-refractivity contribution in [3.63, 3.8) is 0 Å². The molecule has 152 valence electrons. The van der Waals surface area contributed by atoms with Crippen molar-refractivity contribution in [3.8, 4) is 0 Å². The molecule has 1 aromatic heterocycles. The molecule has 0 bridgehead atoms. The molecule has 0 atom stereocenters. The Hall–Kier alpha value is -1.92. The Labute approximate surface area is 173 Å². The molecule has 1 amide bonds. The van der Waals surface area contributed by atoms with E-state index < -0.39 is 0 Å². The predicted molar refractivity (Wildman–Crippen MR) is 112 cm³/mol. The van der Waals surface area contributed by atoms with Crippen LogP contribution >= 0.6 is 12.4 Å². The first kappa shape index (κ1) is 20.8. The van der Waals surface area contributed by atoms with E-state index in [4.69, 9.17) is 0 Å². The Morgan fingerprint density at radius 1 is 1.14 bits per heavy atom. The normalized spacial score (nSPS) is 17.7. The molecule has 28 heavy (non-hydrogen) atoms. The first-order valence-corrected chi connectivity index (χ1v) is 10.0.